The first-order chi connectivity index (χ1) is 31.1. The number of aliphatic imine (C=N–C) groups is 1. The molecule has 0 radical (unpaired) electrons. The van der Waals surface area contributed by atoms with Crippen molar-refractivity contribution in [2.45, 2.75) is 94.9 Å². The lowest BCUT2D eigenvalue weighted by Crippen LogP contribution is -2.39. The van der Waals surface area contributed by atoms with Crippen LogP contribution in [0.1, 0.15) is 94.1 Å². The van der Waals surface area contributed by atoms with Gasteiger partial charge in [-0.3, -0.25) is 23.5 Å². The van der Waals surface area contributed by atoms with Crippen molar-refractivity contribution in [1.82, 2.24) is 10.1 Å². The van der Waals surface area contributed by atoms with Gasteiger partial charge >= 0.3 is 11.8 Å². The van der Waals surface area contributed by atoms with Gasteiger partial charge in [0.25, 0.3) is 38.0 Å². The molecule has 2 aromatic carbocycles. The van der Waals surface area contributed by atoms with Gasteiger partial charge in [0, 0.05) is 56.1 Å². The van der Waals surface area contributed by atoms with Gasteiger partial charge in [-0.2, -0.15) is 21.9 Å². The number of hydrogen-bond acceptors (Lipinski definition) is 12. The molecule has 1 fully saturated rings. The zero-order valence-electron chi connectivity index (χ0n) is 37.4. The number of hydroxylamine groups is 4. The number of amides is 3. The first-order valence-electron chi connectivity index (χ1n) is 21.4. The second-order valence-electron chi connectivity index (χ2n) is 17.1. The molecule has 6 rings (SSSR count). The Morgan fingerprint density at radius 1 is 0.848 bits per heavy atom. The molecule has 0 bridgehead atoms. The van der Waals surface area contributed by atoms with Crippen LogP contribution < -0.4 is 14.3 Å². The van der Waals surface area contributed by atoms with E-state index in [1.165, 1.54) is 19.2 Å². The zero-order chi connectivity index (χ0) is 48.0. The monoisotopic (exact) mass is 944 g/mol. The minimum atomic E-state index is -4.46. The molecule has 0 atom stereocenters. The molecule has 19 heteroatoms. The largest absolute Gasteiger partial charge is 0.377 e. The quantitative estimate of drug-likeness (QED) is 0.0330. The Morgan fingerprint density at radius 2 is 1.53 bits per heavy atom. The van der Waals surface area contributed by atoms with E-state index in [1.54, 1.807) is 47.2 Å². The predicted octanol–water partition coefficient (Wildman–Crippen LogP) is 6.45. The smallest absolute Gasteiger partial charge is 0.333 e. The van der Waals surface area contributed by atoms with Crippen LogP contribution in [0.3, 0.4) is 0 Å². The molecule has 66 heavy (non-hydrogen) atoms. The van der Waals surface area contributed by atoms with E-state index in [0.717, 1.165) is 22.0 Å². The minimum Gasteiger partial charge on any atom is -0.377 e. The lowest BCUT2D eigenvalue weighted by Gasteiger charge is -2.27. The van der Waals surface area contributed by atoms with Crippen LogP contribution in [0.5, 0.6) is 5.75 Å². The van der Waals surface area contributed by atoms with Crippen molar-refractivity contribution in [1.29, 1.82) is 0 Å². The van der Waals surface area contributed by atoms with Crippen LogP contribution in [-0.4, -0.2) is 84.8 Å². The number of hydrogen-bond donors (Lipinski definition) is 2. The first kappa shape index (κ1) is 49.2. The summed E-state index contributed by atoms with van der Waals surface area (Å²) in [6.07, 6.45) is 16.4. The van der Waals surface area contributed by atoms with E-state index in [-0.39, 0.29) is 37.1 Å². The van der Waals surface area contributed by atoms with Crippen molar-refractivity contribution in [3.05, 3.63) is 126 Å². The van der Waals surface area contributed by atoms with Crippen LogP contribution in [0.15, 0.2) is 119 Å². The van der Waals surface area contributed by atoms with Crippen molar-refractivity contribution >= 4 is 61.1 Å². The van der Waals surface area contributed by atoms with Gasteiger partial charge in [-0.1, -0.05) is 68.8 Å². The third-order valence-electron chi connectivity index (χ3n) is 11.5. The van der Waals surface area contributed by atoms with Gasteiger partial charge in [-0.05, 0) is 85.8 Å². The van der Waals surface area contributed by atoms with Gasteiger partial charge in [-0.15, -0.1) is 5.06 Å². The fourth-order valence-electron chi connectivity index (χ4n) is 7.99. The summed E-state index contributed by atoms with van der Waals surface area (Å²) >= 11 is 0. The number of para-hydroxylation sites is 1. The topological polar surface area (TPSA) is 221 Å². The van der Waals surface area contributed by atoms with Gasteiger partial charge < -0.3 is 14.6 Å². The average molecular weight is 945 g/mol. The first-order valence-corrected chi connectivity index (χ1v) is 24.4. The van der Waals surface area contributed by atoms with Crippen molar-refractivity contribution in [2.24, 2.45) is 4.99 Å². The van der Waals surface area contributed by atoms with E-state index in [2.05, 4.69) is 4.90 Å². The van der Waals surface area contributed by atoms with E-state index in [1.807, 2.05) is 76.3 Å². The Labute approximate surface area is 384 Å². The van der Waals surface area contributed by atoms with Gasteiger partial charge in [0.2, 0.25) is 0 Å². The van der Waals surface area contributed by atoms with Crippen LogP contribution in [0, 0.1) is 0 Å². The SMILES string of the molecule is CN(Oc1ccccc1)C(=O)c1cc2c([n+](CCCS(=O)(=O)O)c1)N=C(/C=C/C=C/C=C/C=C1/N(CCCCCC(=O)ON3C(=O)CCC3=O)c3ccc(S(=O)(=O)O)cc3C1(C)C)C2(C)C. The van der Waals surface area contributed by atoms with Crippen molar-refractivity contribution in [2.75, 3.05) is 24.2 Å². The number of nitrogens with zero attached hydrogens (tertiary/aromatic N) is 5. The fraction of sp³-hybridized carbons (Fsp3) is 0.362. The average Bonchev–Trinajstić information content (AvgIpc) is 3.78. The molecule has 3 amide bonds. The Morgan fingerprint density at radius 3 is 2.21 bits per heavy atom. The maximum Gasteiger partial charge on any atom is 0.333 e. The summed E-state index contributed by atoms with van der Waals surface area (Å²) in [6.45, 7) is 8.55. The number of allylic oxidation sites excluding steroid dienone is 8. The van der Waals surface area contributed by atoms with E-state index < -0.39 is 60.5 Å². The third-order valence-corrected chi connectivity index (χ3v) is 13.2. The second kappa shape index (κ2) is 20.1. The standard InChI is InChI=1S/C47H53N5O12S2/c1-46(2)37-30-33(45(56)49(5)63-34-18-11-9-12-19-34)32-50(27-17-29-65(57,58)59)44(37)48-39(46)20-13-7-6-8-14-21-40-47(3,4)36-31-35(66(60,61)62)23-24-38(36)51(40)28-16-10-15-22-43(55)64-52-41(53)25-26-42(52)54/h6-9,11-14,18-21,23-24,30-32H,10,15-17,22,25-29H2,1-5H3,(H-,57,58,59,60,61,62)/p+1. The Bertz CT molecular complexity index is 2760. The van der Waals surface area contributed by atoms with Crippen molar-refractivity contribution < 1.29 is 59.4 Å². The highest BCUT2D eigenvalue weighted by Crippen LogP contribution is 2.48. The maximum absolute atomic E-state index is 13.6. The summed E-state index contributed by atoms with van der Waals surface area (Å²) in [5.74, 6) is -1.61. The number of unbranched alkanes of at least 4 members (excludes halogenated alkanes) is 2. The number of pyridine rings is 1. The van der Waals surface area contributed by atoms with Crippen LogP contribution in [-0.2, 0) is 56.8 Å². The molecule has 0 saturated carbocycles. The number of carbonyl (C=O) groups excluding carboxylic acids is 4. The number of aromatic nitrogens is 1. The summed E-state index contributed by atoms with van der Waals surface area (Å²) < 4.78 is 68.2. The summed E-state index contributed by atoms with van der Waals surface area (Å²) in [7, 11) is -7.17. The zero-order valence-corrected chi connectivity index (χ0v) is 39.0. The molecule has 0 unspecified atom stereocenters. The molecule has 4 heterocycles. The molecule has 0 aliphatic carbocycles. The third kappa shape index (κ3) is 11.6. The Balaban J connectivity index is 1.16. The highest BCUT2D eigenvalue weighted by atomic mass is 32.2. The summed E-state index contributed by atoms with van der Waals surface area (Å²) in [4.78, 5) is 67.1. The Hall–Kier alpha value is -6.28. The molecule has 3 aromatic rings. The van der Waals surface area contributed by atoms with Gasteiger partial charge in [0.05, 0.1) is 33.7 Å². The maximum atomic E-state index is 13.6. The van der Waals surface area contributed by atoms with E-state index in [0.29, 0.717) is 59.3 Å². The number of carbonyl (C=O) groups is 4. The molecule has 17 nitrogen and oxygen atoms in total. The van der Waals surface area contributed by atoms with Crippen molar-refractivity contribution in [3.63, 3.8) is 0 Å². The van der Waals surface area contributed by atoms with Crippen molar-refractivity contribution in [3.8, 4) is 5.75 Å². The second-order valence-corrected chi connectivity index (χ2v) is 20.1. The van der Waals surface area contributed by atoms with Gasteiger partial charge in [-0.25, -0.2) is 9.36 Å². The molecule has 2 N–H and O–H groups in total. The fourth-order valence-corrected chi connectivity index (χ4v) is 8.99. The predicted molar refractivity (Wildman–Crippen MR) is 245 cm³/mol. The summed E-state index contributed by atoms with van der Waals surface area (Å²) in [6, 6.07) is 15.1. The molecular formula is C47H54N5O12S2+. The highest BCUT2D eigenvalue weighted by molar-refractivity contribution is 7.86. The van der Waals surface area contributed by atoms with Crippen LogP contribution in [0.2, 0.25) is 0 Å². The number of anilines is 1. The van der Waals surface area contributed by atoms with Crippen LogP contribution in [0.4, 0.5) is 11.5 Å². The van der Waals surface area contributed by atoms with Crippen LogP contribution in [0.25, 0.3) is 0 Å². The molecule has 350 valence electrons. The number of aryl methyl sites for hydroxylation is 1. The summed E-state index contributed by atoms with van der Waals surface area (Å²) in [5, 5.41) is 1.66. The van der Waals surface area contributed by atoms with E-state index >= 15 is 0 Å². The molecular weight excluding hydrogens is 891 g/mol. The normalized spacial score (nSPS) is 17.3. The number of imide groups is 1. The molecule has 1 saturated heterocycles. The van der Waals surface area contributed by atoms with E-state index in [4.69, 9.17) is 14.7 Å². The van der Waals surface area contributed by atoms with Gasteiger partial charge in [0.1, 0.15) is 6.20 Å². The highest BCUT2D eigenvalue weighted by Gasteiger charge is 2.44. The van der Waals surface area contributed by atoms with Crippen LogP contribution >= 0.6 is 0 Å². The van der Waals surface area contributed by atoms with Gasteiger partial charge in [0.15, 0.2) is 11.5 Å². The summed E-state index contributed by atoms with van der Waals surface area (Å²) in [5.41, 5.74) is 2.76. The lowest BCUT2D eigenvalue weighted by atomic mass is 9.81. The molecule has 0 spiro atoms. The number of benzene rings is 2. The molecule has 3 aliphatic rings. The minimum absolute atomic E-state index is 0.0158. The molecule has 1 aromatic heterocycles. The number of fused-ring (bicyclic) bond motifs is 2. The molecule has 3 aliphatic heterocycles. The van der Waals surface area contributed by atoms with E-state index in [9.17, 15) is 45.1 Å². The number of rotatable bonds is 19. The Kier molecular flexibility index (Phi) is 15.0. The lowest BCUT2D eigenvalue weighted by molar-refractivity contribution is -0.684.